The van der Waals surface area contributed by atoms with E-state index in [-0.39, 0.29) is 0 Å². The van der Waals surface area contributed by atoms with Crippen LogP contribution in [0.15, 0.2) is 36.4 Å². The molecule has 0 aliphatic heterocycles. The fourth-order valence-corrected chi connectivity index (χ4v) is 3.09. The van der Waals surface area contributed by atoms with Crippen LogP contribution in [0.3, 0.4) is 0 Å². The van der Waals surface area contributed by atoms with Crippen LogP contribution in [0, 0.1) is 0 Å². The largest absolute Gasteiger partial charge is 0.135 e. The van der Waals surface area contributed by atoms with Crippen LogP contribution < -0.4 is 0 Å². The first-order valence-electron chi connectivity index (χ1n) is 5.30. The second-order valence-corrected chi connectivity index (χ2v) is 4.84. The Hall–Kier alpha value is -1.34. The Bertz CT molecular complexity index is 543. The highest BCUT2D eigenvalue weighted by molar-refractivity contribution is 7.20. The van der Waals surface area contributed by atoms with E-state index in [1.165, 1.54) is 20.5 Å². The fraction of sp³-hybridized carbons (Fsp3) is 0.143. The summed E-state index contributed by atoms with van der Waals surface area (Å²) in [7, 11) is 0. The second kappa shape index (κ2) is 3.67. The fourth-order valence-electron chi connectivity index (χ4n) is 1.96. The standard InChI is InChI=1S/C14H12S/c1-2-4-9-13-11(7-3-1)12-8-5-6-10-14(12)15-13/h3-10H,1-2H2. The van der Waals surface area contributed by atoms with Crippen molar-refractivity contribution in [2.75, 3.05) is 0 Å². The van der Waals surface area contributed by atoms with E-state index in [4.69, 9.17) is 0 Å². The van der Waals surface area contributed by atoms with Crippen molar-refractivity contribution in [3.63, 3.8) is 0 Å². The Labute approximate surface area is 93.6 Å². The minimum absolute atomic E-state index is 1.15. The zero-order valence-electron chi connectivity index (χ0n) is 8.44. The Morgan fingerprint density at radius 1 is 0.933 bits per heavy atom. The quantitative estimate of drug-likeness (QED) is 0.592. The summed E-state index contributed by atoms with van der Waals surface area (Å²) in [5.74, 6) is 0. The van der Waals surface area contributed by atoms with Gasteiger partial charge in [-0.3, -0.25) is 0 Å². The van der Waals surface area contributed by atoms with Gasteiger partial charge in [-0.25, -0.2) is 0 Å². The molecule has 1 aliphatic carbocycles. The van der Waals surface area contributed by atoms with Crippen LogP contribution in [0.5, 0.6) is 0 Å². The van der Waals surface area contributed by atoms with Gasteiger partial charge in [0.05, 0.1) is 0 Å². The Morgan fingerprint density at radius 2 is 1.73 bits per heavy atom. The molecule has 0 nitrogen and oxygen atoms in total. The average Bonchev–Trinajstić information content (AvgIpc) is 2.55. The molecule has 0 saturated carbocycles. The van der Waals surface area contributed by atoms with Crippen molar-refractivity contribution in [1.82, 2.24) is 0 Å². The summed E-state index contributed by atoms with van der Waals surface area (Å²) in [6.45, 7) is 0. The van der Waals surface area contributed by atoms with Gasteiger partial charge in [0.15, 0.2) is 0 Å². The molecule has 1 heteroatoms. The monoisotopic (exact) mass is 212 g/mol. The molecule has 0 unspecified atom stereocenters. The highest BCUT2D eigenvalue weighted by atomic mass is 32.1. The molecular weight excluding hydrogens is 200 g/mol. The number of hydrogen-bond donors (Lipinski definition) is 0. The minimum Gasteiger partial charge on any atom is -0.135 e. The van der Waals surface area contributed by atoms with Gasteiger partial charge in [0.25, 0.3) is 0 Å². The van der Waals surface area contributed by atoms with Gasteiger partial charge >= 0.3 is 0 Å². The van der Waals surface area contributed by atoms with Crippen LogP contribution in [0.4, 0.5) is 0 Å². The van der Waals surface area contributed by atoms with E-state index in [9.17, 15) is 0 Å². The van der Waals surface area contributed by atoms with E-state index in [0.29, 0.717) is 0 Å². The number of rotatable bonds is 0. The maximum absolute atomic E-state index is 2.28. The maximum Gasteiger partial charge on any atom is 0.0355 e. The van der Waals surface area contributed by atoms with Crippen LogP contribution in [0.2, 0.25) is 0 Å². The lowest BCUT2D eigenvalue weighted by Gasteiger charge is -1.97. The molecule has 0 radical (unpaired) electrons. The molecule has 1 aromatic carbocycles. The number of allylic oxidation sites excluding steroid dienone is 2. The van der Waals surface area contributed by atoms with Crippen molar-refractivity contribution in [3.05, 3.63) is 46.9 Å². The highest BCUT2D eigenvalue weighted by Crippen LogP contribution is 2.34. The summed E-state index contributed by atoms with van der Waals surface area (Å²) in [5, 5.41) is 1.39. The number of hydrogen-bond acceptors (Lipinski definition) is 1. The average molecular weight is 212 g/mol. The summed E-state index contributed by atoms with van der Waals surface area (Å²) in [4.78, 5) is 1.40. The van der Waals surface area contributed by atoms with Crippen molar-refractivity contribution in [2.45, 2.75) is 12.8 Å². The summed E-state index contributed by atoms with van der Waals surface area (Å²) < 4.78 is 1.39. The third kappa shape index (κ3) is 1.53. The molecule has 0 spiro atoms. The van der Waals surface area contributed by atoms with Crippen LogP contribution in [0.1, 0.15) is 23.3 Å². The minimum atomic E-state index is 1.15. The summed E-state index contributed by atoms with van der Waals surface area (Å²) in [6.07, 6.45) is 11.4. The molecule has 3 rings (SSSR count). The van der Waals surface area contributed by atoms with Gasteiger partial charge in [-0.15, -0.1) is 11.3 Å². The van der Waals surface area contributed by atoms with Gasteiger partial charge in [0.2, 0.25) is 0 Å². The molecule has 0 amide bonds. The van der Waals surface area contributed by atoms with Gasteiger partial charge in [-0.1, -0.05) is 36.4 Å². The van der Waals surface area contributed by atoms with Crippen LogP contribution in [0.25, 0.3) is 22.2 Å². The van der Waals surface area contributed by atoms with Crippen LogP contribution >= 0.6 is 11.3 Å². The maximum atomic E-state index is 2.28. The zero-order valence-corrected chi connectivity index (χ0v) is 9.26. The van der Waals surface area contributed by atoms with E-state index in [2.05, 4.69) is 48.6 Å². The van der Waals surface area contributed by atoms with Gasteiger partial charge < -0.3 is 0 Å². The predicted octanol–water partition coefficient (Wildman–Crippen LogP) is 4.72. The Kier molecular flexibility index (Phi) is 2.18. The zero-order chi connectivity index (χ0) is 10.1. The molecule has 0 bridgehead atoms. The van der Waals surface area contributed by atoms with Gasteiger partial charge in [0.1, 0.15) is 0 Å². The molecule has 0 N–H and O–H groups in total. The highest BCUT2D eigenvalue weighted by Gasteiger charge is 2.07. The van der Waals surface area contributed by atoms with Crippen molar-refractivity contribution < 1.29 is 0 Å². The molecule has 2 aromatic rings. The molecular formula is C14H12S. The third-order valence-electron chi connectivity index (χ3n) is 2.72. The van der Waals surface area contributed by atoms with E-state index in [1.54, 1.807) is 0 Å². The first-order valence-corrected chi connectivity index (χ1v) is 6.11. The second-order valence-electron chi connectivity index (χ2n) is 3.76. The molecule has 74 valence electrons. The van der Waals surface area contributed by atoms with Crippen LogP contribution in [-0.4, -0.2) is 0 Å². The lowest BCUT2D eigenvalue weighted by atomic mass is 10.1. The smallest absolute Gasteiger partial charge is 0.0355 e. The van der Waals surface area contributed by atoms with Gasteiger partial charge in [-0.2, -0.15) is 0 Å². The van der Waals surface area contributed by atoms with Crippen LogP contribution in [-0.2, 0) is 0 Å². The molecule has 15 heavy (non-hydrogen) atoms. The Balaban J connectivity index is 2.33. The first kappa shape index (κ1) is 8.93. The SMILES string of the molecule is C1=Cc2sc3ccccc3c2C=CCC1. The molecule has 1 aliphatic rings. The lowest BCUT2D eigenvalue weighted by Crippen LogP contribution is -1.76. The van der Waals surface area contributed by atoms with E-state index in [1.807, 2.05) is 11.3 Å². The topological polar surface area (TPSA) is 0 Å². The van der Waals surface area contributed by atoms with E-state index < -0.39 is 0 Å². The van der Waals surface area contributed by atoms with Crippen molar-refractivity contribution >= 4 is 33.6 Å². The number of thiophene rings is 1. The molecule has 1 heterocycles. The third-order valence-corrected chi connectivity index (χ3v) is 3.87. The van der Waals surface area contributed by atoms with Crippen molar-refractivity contribution in [1.29, 1.82) is 0 Å². The van der Waals surface area contributed by atoms with Gasteiger partial charge in [-0.05, 0) is 30.5 Å². The normalized spacial score (nSPS) is 14.9. The van der Waals surface area contributed by atoms with Gasteiger partial charge in [0, 0.05) is 15.0 Å². The summed E-state index contributed by atoms with van der Waals surface area (Å²) >= 11 is 1.88. The molecule has 0 saturated heterocycles. The van der Waals surface area contributed by atoms with E-state index in [0.717, 1.165) is 12.8 Å². The molecule has 0 atom stereocenters. The molecule has 0 fully saturated rings. The number of benzene rings is 1. The first-order chi connectivity index (χ1) is 7.45. The van der Waals surface area contributed by atoms with Crippen molar-refractivity contribution in [3.8, 4) is 0 Å². The summed E-state index contributed by atoms with van der Waals surface area (Å²) in [5.41, 5.74) is 1.39. The summed E-state index contributed by atoms with van der Waals surface area (Å²) in [6, 6.07) is 8.64. The Morgan fingerprint density at radius 3 is 2.67 bits per heavy atom. The van der Waals surface area contributed by atoms with Crippen molar-refractivity contribution in [2.24, 2.45) is 0 Å². The molecule has 1 aromatic heterocycles. The predicted molar refractivity (Wildman–Crippen MR) is 69.1 cm³/mol. The lowest BCUT2D eigenvalue weighted by molar-refractivity contribution is 1.06. The van der Waals surface area contributed by atoms with E-state index >= 15 is 0 Å². The number of fused-ring (bicyclic) bond motifs is 3.